The van der Waals surface area contributed by atoms with Crippen molar-refractivity contribution in [1.82, 2.24) is 5.06 Å². The fraction of sp³-hybridized carbons (Fsp3) is 0.200. The molecule has 0 aliphatic rings. The number of hydrogen-bond acceptors (Lipinski definition) is 3. The van der Waals surface area contributed by atoms with E-state index in [-0.39, 0.29) is 12.8 Å². The van der Waals surface area contributed by atoms with Gasteiger partial charge in [0.1, 0.15) is 5.56 Å². The normalized spacial score (nSPS) is 10.6. The average Bonchev–Trinajstić information content (AvgIpc) is 2.69. The molecule has 4 nitrogen and oxygen atoms in total. The van der Waals surface area contributed by atoms with Crippen molar-refractivity contribution in [2.75, 3.05) is 7.05 Å². The molecule has 0 heterocycles. The van der Waals surface area contributed by atoms with Crippen LogP contribution in [-0.4, -0.2) is 24.0 Å². The molecule has 2 aromatic carbocycles. The summed E-state index contributed by atoms with van der Waals surface area (Å²) in [6.45, 7) is 5.74. The molecular formula is C20H16F5NO3. The highest BCUT2D eigenvalue weighted by molar-refractivity contribution is 5.91. The molecule has 0 N–H and O–H groups in total. The SMILES string of the molecule is C=C(CCC(=O)N(C)OC(=O)c1c(F)c(F)c(F)c(F)c1F)c1ccccc1C. The third-order valence-electron chi connectivity index (χ3n) is 4.15. The fourth-order valence-electron chi connectivity index (χ4n) is 2.52. The number of halogens is 5. The van der Waals surface area contributed by atoms with Crippen LogP contribution in [0.1, 0.15) is 34.3 Å². The van der Waals surface area contributed by atoms with Crippen molar-refractivity contribution >= 4 is 17.4 Å². The molecule has 29 heavy (non-hydrogen) atoms. The van der Waals surface area contributed by atoms with Crippen molar-refractivity contribution in [2.45, 2.75) is 19.8 Å². The fourth-order valence-corrected chi connectivity index (χ4v) is 2.52. The molecule has 154 valence electrons. The molecule has 2 rings (SSSR count). The molecule has 0 radical (unpaired) electrons. The number of carbonyl (C=O) groups excluding carboxylic acids is 2. The van der Waals surface area contributed by atoms with E-state index >= 15 is 0 Å². The Hall–Kier alpha value is -3.23. The van der Waals surface area contributed by atoms with Crippen molar-refractivity contribution in [3.8, 4) is 0 Å². The van der Waals surface area contributed by atoms with Crippen LogP contribution in [0, 0.1) is 36.0 Å². The van der Waals surface area contributed by atoms with Crippen LogP contribution in [0.25, 0.3) is 5.57 Å². The van der Waals surface area contributed by atoms with E-state index < -0.39 is 46.5 Å². The summed E-state index contributed by atoms with van der Waals surface area (Å²) in [6.07, 6.45) is 0.0160. The summed E-state index contributed by atoms with van der Waals surface area (Å²) in [7, 11) is 0.975. The molecule has 9 heteroatoms. The van der Waals surface area contributed by atoms with E-state index in [0.29, 0.717) is 10.6 Å². The monoisotopic (exact) mass is 413 g/mol. The second-order valence-electron chi connectivity index (χ2n) is 6.13. The highest BCUT2D eigenvalue weighted by Crippen LogP contribution is 2.24. The largest absolute Gasteiger partial charge is 0.369 e. The van der Waals surface area contributed by atoms with Gasteiger partial charge in [0.2, 0.25) is 5.82 Å². The summed E-state index contributed by atoms with van der Waals surface area (Å²) >= 11 is 0. The van der Waals surface area contributed by atoms with Gasteiger partial charge in [-0.2, -0.15) is 5.06 Å². The summed E-state index contributed by atoms with van der Waals surface area (Å²) in [5.74, 6) is -14.3. The lowest BCUT2D eigenvalue weighted by Crippen LogP contribution is -2.31. The second-order valence-corrected chi connectivity index (χ2v) is 6.13. The van der Waals surface area contributed by atoms with Crippen LogP contribution < -0.4 is 0 Å². The number of carbonyl (C=O) groups is 2. The minimum absolute atomic E-state index is 0.173. The zero-order chi connectivity index (χ0) is 21.9. The molecule has 0 aliphatic carbocycles. The van der Waals surface area contributed by atoms with E-state index in [9.17, 15) is 31.5 Å². The zero-order valence-corrected chi connectivity index (χ0v) is 15.5. The maximum absolute atomic E-state index is 13.6. The average molecular weight is 413 g/mol. The van der Waals surface area contributed by atoms with E-state index in [1.54, 1.807) is 6.07 Å². The van der Waals surface area contributed by atoms with Gasteiger partial charge in [-0.05, 0) is 30.0 Å². The Morgan fingerprint density at radius 1 is 0.931 bits per heavy atom. The second kappa shape index (κ2) is 8.85. The molecule has 0 saturated carbocycles. The van der Waals surface area contributed by atoms with Crippen molar-refractivity contribution in [2.24, 2.45) is 0 Å². The molecule has 0 fully saturated rings. The first-order chi connectivity index (χ1) is 13.6. The topological polar surface area (TPSA) is 46.6 Å². The predicted molar refractivity (Wildman–Crippen MR) is 93.9 cm³/mol. The number of hydroxylamine groups is 2. The smallest absolute Gasteiger partial charge is 0.333 e. The number of amides is 1. The molecule has 0 saturated heterocycles. The Labute approximate surface area is 163 Å². The highest BCUT2D eigenvalue weighted by Gasteiger charge is 2.32. The first-order valence-electron chi connectivity index (χ1n) is 8.30. The minimum atomic E-state index is -2.41. The molecule has 2 aromatic rings. The molecule has 0 atom stereocenters. The number of nitrogens with zero attached hydrogens (tertiary/aromatic N) is 1. The number of aryl methyl sites for hydroxylation is 1. The first kappa shape index (κ1) is 22.1. The van der Waals surface area contributed by atoms with E-state index in [2.05, 4.69) is 11.4 Å². The zero-order valence-electron chi connectivity index (χ0n) is 15.5. The van der Waals surface area contributed by atoms with Gasteiger partial charge < -0.3 is 4.84 Å². The maximum Gasteiger partial charge on any atom is 0.369 e. The van der Waals surface area contributed by atoms with Gasteiger partial charge in [0.25, 0.3) is 5.91 Å². The molecule has 0 bridgehead atoms. The van der Waals surface area contributed by atoms with Crippen LogP contribution in [0.5, 0.6) is 0 Å². The summed E-state index contributed by atoms with van der Waals surface area (Å²) in [4.78, 5) is 28.4. The van der Waals surface area contributed by atoms with Crippen molar-refractivity contribution in [1.29, 1.82) is 0 Å². The third-order valence-corrected chi connectivity index (χ3v) is 4.15. The molecular weight excluding hydrogens is 397 g/mol. The van der Waals surface area contributed by atoms with Gasteiger partial charge in [-0.3, -0.25) is 4.79 Å². The Kier molecular flexibility index (Phi) is 6.73. The molecule has 0 unspecified atom stereocenters. The van der Waals surface area contributed by atoms with Crippen LogP contribution in [0.15, 0.2) is 30.8 Å². The van der Waals surface area contributed by atoms with E-state index in [1.165, 1.54) is 0 Å². The highest BCUT2D eigenvalue weighted by atomic mass is 19.2. The Morgan fingerprint density at radius 3 is 2.00 bits per heavy atom. The summed E-state index contributed by atoms with van der Waals surface area (Å²) in [5.41, 5.74) is 0.624. The van der Waals surface area contributed by atoms with Crippen LogP contribution in [0.2, 0.25) is 0 Å². The Morgan fingerprint density at radius 2 is 1.45 bits per heavy atom. The lowest BCUT2D eigenvalue weighted by molar-refractivity contribution is -0.161. The van der Waals surface area contributed by atoms with Crippen LogP contribution in [0.4, 0.5) is 22.0 Å². The van der Waals surface area contributed by atoms with E-state index in [0.717, 1.165) is 18.2 Å². The summed E-state index contributed by atoms with van der Waals surface area (Å²) in [5, 5.41) is 0.367. The Bertz CT molecular complexity index is 961. The molecule has 0 aromatic heterocycles. The molecule has 1 amide bonds. The van der Waals surface area contributed by atoms with Gasteiger partial charge >= 0.3 is 5.97 Å². The predicted octanol–water partition coefficient (Wildman–Crippen LogP) is 4.71. The van der Waals surface area contributed by atoms with Crippen molar-refractivity contribution in [3.63, 3.8) is 0 Å². The third kappa shape index (κ3) is 4.61. The number of benzene rings is 2. The van der Waals surface area contributed by atoms with Crippen LogP contribution >= 0.6 is 0 Å². The maximum atomic E-state index is 13.6. The standard InChI is InChI=1S/C20H16F5NO3/c1-10-6-4-5-7-12(10)11(2)8-9-13(27)26(3)29-20(28)14-15(21)17(23)19(25)18(24)16(14)22/h4-7H,2,8-9H2,1,3H3. The number of rotatable bonds is 5. The van der Waals surface area contributed by atoms with Gasteiger partial charge in [0.15, 0.2) is 23.3 Å². The van der Waals surface area contributed by atoms with Gasteiger partial charge in [-0.1, -0.05) is 30.8 Å². The Balaban J connectivity index is 2.06. The molecule has 0 spiro atoms. The van der Waals surface area contributed by atoms with Gasteiger partial charge in [0, 0.05) is 13.5 Å². The van der Waals surface area contributed by atoms with Gasteiger partial charge in [-0.15, -0.1) is 0 Å². The van der Waals surface area contributed by atoms with Crippen molar-refractivity contribution in [3.05, 3.63) is 76.6 Å². The van der Waals surface area contributed by atoms with E-state index in [1.807, 2.05) is 25.1 Å². The lowest BCUT2D eigenvalue weighted by atomic mass is 9.98. The van der Waals surface area contributed by atoms with Crippen molar-refractivity contribution < 1.29 is 36.4 Å². The molecule has 0 aliphatic heterocycles. The van der Waals surface area contributed by atoms with Gasteiger partial charge in [-0.25, -0.2) is 26.7 Å². The minimum Gasteiger partial charge on any atom is -0.333 e. The van der Waals surface area contributed by atoms with Crippen LogP contribution in [0.3, 0.4) is 0 Å². The van der Waals surface area contributed by atoms with Crippen LogP contribution in [-0.2, 0) is 9.63 Å². The number of allylic oxidation sites excluding steroid dienone is 1. The van der Waals surface area contributed by atoms with Gasteiger partial charge in [0.05, 0.1) is 0 Å². The summed E-state index contributed by atoms with van der Waals surface area (Å²) < 4.78 is 66.7. The number of hydrogen-bond donors (Lipinski definition) is 0. The summed E-state index contributed by atoms with van der Waals surface area (Å²) in [6, 6.07) is 7.31. The quantitative estimate of drug-likeness (QED) is 0.309. The lowest BCUT2D eigenvalue weighted by Gasteiger charge is -2.17. The first-order valence-corrected chi connectivity index (χ1v) is 8.30. The van der Waals surface area contributed by atoms with E-state index in [4.69, 9.17) is 0 Å².